The van der Waals surface area contributed by atoms with Crippen LogP contribution in [0.15, 0.2) is 5.03 Å². The average Bonchev–Trinajstić information content (AvgIpc) is 2.25. The van der Waals surface area contributed by atoms with Crippen LogP contribution in [0.5, 0.6) is 0 Å². The predicted molar refractivity (Wildman–Crippen MR) is 70.8 cm³/mol. The highest BCUT2D eigenvalue weighted by Gasteiger charge is 2.11. The van der Waals surface area contributed by atoms with E-state index in [-0.39, 0.29) is 0 Å². The summed E-state index contributed by atoms with van der Waals surface area (Å²) in [6, 6.07) is 0. The van der Waals surface area contributed by atoms with Gasteiger partial charge in [-0.3, -0.25) is 0 Å². The molecule has 1 aromatic rings. The molecule has 0 saturated heterocycles. The average molecular weight is 239 g/mol. The fourth-order valence-corrected chi connectivity index (χ4v) is 2.27. The topological polar surface area (TPSA) is 51.8 Å². The first-order valence-corrected chi connectivity index (χ1v) is 6.76. The molecule has 90 valence electrons. The molecule has 1 atom stereocenters. The molecule has 1 unspecified atom stereocenters. The van der Waals surface area contributed by atoms with Crippen LogP contribution in [0.3, 0.4) is 0 Å². The number of thioether (sulfide) groups is 1. The van der Waals surface area contributed by atoms with Crippen molar-refractivity contribution in [3.8, 4) is 0 Å². The first-order valence-electron chi connectivity index (χ1n) is 5.88. The van der Waals surface area contributed by atoms with Gasteiger partial charge in [-0.15, -0.1) is 11.8 Å². The fourth-order valence-electron chi connectivity index (χ4n) is 1.28. The third-order valence-electron chi connectivity index (χ3n) is 2.55. The Hall–Kier alpha value is -0.770. The lowest BCUT2D eigenvalue weighted by molar-refractivity contribution is 0.802. The van der Waals surface area contributed by atoms with Crippen molar-refractivity contribution in [2.75, 3.05) is 5.73 Å². The standard InChI is InChI=1S/C12H21N3S/c1-5-7-10-14-11(13)9(4)12(15-10)16-8(3)6-2/h8H,5-7H2,1-4H3,(H2,13,14,15). The lowest BCUT2D eigenvalue weighted by Crippen LogP contribution is -2.06. The van der Waals surface area contributed by atoms with Crippen LogP contribution in [0.1, 0.15) is 45.0 Å². The number of nitrogens with zero attached hydrogens (tertiary/aromatic N) is 2. The third-order valence-corrected chi connectivity index (χ3v) is 3.90. The van der Waals surface area contributed by atoms with Gasteiger partial charge in [0.15, 0.2) is 0 Å². The van der Waals surface area contributed by atoms with E-state index in [1.54, 1.807) is 11.8 Å². The highest BCUT2D eigenvalue weighted by Crippen LogP contribution is 2.28. The second kappa shape index (κ2) is 6.09. The Labute approximate surface area is 102 Å². The Balaban J connectivity index is 2.96. The van der Waals surface area contributed by atoms with Crippen molar-refractivity contribution in [1.29, 1.82) is 0 Å². The summed E-state index contributed by atoms with van der Waals surface area (Å²) in [4.78, 5) is 8.89. The van der Waals surface area contributed by atoms with Crippen LogP contribution in [-0.4, -0.2) is 15.2 Å². The molecule has 3 nitrogen and oxygen atoms in total. The summed E-state index contributed by atoms with van der Waals surface area (Å²) in [7, 11) is 0. The van der Waals surface area contributed by atoms with E-state index in [0.29, 0.717) is 11.1 Å². The molecule has 1 rings (SSSR count). The molecule has 1 aromatic heterocycles. The van der Waals surface area contributed by atoms with Gasteiger partial charge >= 0.3 is 0 Å². The van der Waals surface area contributed by atoms with E-state index in [2.05, 4.69) is 30.7 Å². The number of rotatable bonds is 5. The van der Waals surface area contributed by atoms with Crippen LogP contribution in [0.25, 0.3) is 0 Å². The second-order valence-corrected chi connectivity index (χ2v) is 5.47. The Morgan fingerprint density at radius 1 is 1.31 bits per heavy atom. The van der Waals surface area contributed by atoms with Gasteiger partial charge in [0.05, 0.1) is 0 Å². The minimum atomic E-state index is 0.572. The summed E-state index contributed by atoms with van der Waals surface area (Å²) in [5.74, 6) is 1.50. The van der Waals surface area contributed by atoms with Crippen LogP contribution in [0, 0.1) is 6.92 Å². The molecule has 0 aliphatic carbocycles. The molecule has 0 aliphatic heterocycles. The predicted octanol–water partition coefficient (Wildman–Crippen LogP) is 3.21. The second-order valence-electron chi connectivity index (χ2n) is 4.04. The van der Waals surface area contributed by atoms with Gasteiger partial charge in [-0.2, -0.15) is 0 Å². The van der Waals surface area contributed by atoms with Crippen molar-refractivity contribution in [3.63, 3.8) is 0 Å². The molecule has 0 fully saturated rings. The lowest BCUT2D eigenvalue weighted by atomic mass is 10.3. The summed E-state index contributed by atoms with van der Waals surface area (Å²) >= 11 is 1.79. The van der Waals surface area contributed by atoms with Crippen LogP contribution in [0.2, 0.25) is 0 Å². The maximum atomic E-state index is 5.90. The first-order chi connectivity index (χ1) is 7.58. The summed E-state index contributed by atoms with van der Waals surface area (Å²) in [5.41, 5.74) is 6.92. The van der Waals surface area contributed by atoms with Crippen molar-refractivity contribution in [2.24, 2.45) is 0 Å². The third kappa shape index (κ3) is 3.37. The number of anilines is 1. The maximum absolute atomic E-state index is 5.90. The van der Waals surface area contributed by atoms with Crippen LogP contribution in [0.4, 0.5) is 5.82 Å². The van der Waals surface area contributed by atoms with E-state index in [0.717, 1.165) is 35.7 Å². The van der Waals surface area contributed by atoms with Crippen LogP contribution in [-0.2, 0) is 6.42 Å². The Morgan fingerprint density at radius 3 is 2.56 bits per heavy atom. The van der Waals surface area contributed by atoms with E-state index in [4.69, 9.17) is 5.73 Å². The van der Waals surface area contributed by atoms with Crippen molar-refractivity contribution >= 4 is 17.6 Å². The van der Waals surface area contributed by atoms with Crippen molar-refractivity contribution in [3.05, 3.63) is 11.4 Å². The number of hydrogen-bond acceptors (Lipinski definition) is 4. The summed E-state index contributed by atoms with van der Waals surface area (Å²) < 4.78 is 0. The smallest absolute Gasteiger partial charge is 0.132 e. The van der Waals surface area contributed by atoms with Crippen molar-refractivity contribution < 1.29 is 0 Å². The number of aryl methyl sites for hydroxylation is 1. The van der Waals surface area contributed by atoms with Gasteiger partial charge < -0.3 is 5.73 Å². The van der Waals surface area contributed by atoms with Gasteiger partial charge in [0, 0.05) is 17.2 Å². The zero-order valence-corrected chi connectivity index (χ0v) is 11.4. The molecule has 4 heteroatoms. The Morgan fingerprint density at radius 2 is 2.00 bits per heavy atom. The SMILES string of the molecule is CCCc1nc(N)c(C)c(SC(C)CC)n1. The highest BCUT2D eigenvalue weighted by atomic mass is 32.2. The van der Waals surface area contributed by atoms with Crippen LogP contribution >= 0.6 is 11.8 Å². The minimum Gasteiger partial charge on any atom is -0.383 e. The van der Waals surface area contributed by atoms with Gasteiger partial charge in [0.2, 0.25) is 0 Å². The number of nitrogens with two attached hydrogens (primary N) is 1. The Kier molecular flexibility index (Phi) is 5.06. The van der Waals surface area contributed by atoms with Crippen LogP contribution < -0.4 is 5.73 Å². The largest absolute Gasteiger partial charge is 0.383 e. The molecular formula is C12H21N3S. The molecule has 0 radical (unpaired) electrons. The summed E-state index contributed by atoms with van der Waals surface area (Å²) in [6.07, 6.45) is 3.09. The van der Waals surface area contributed by atoms with E-state index < -0.39 is 0 Å². The lowest BCUT2D eigenvalue weighted by Gasteiger charge is -2.12. The number of hydrogen-bond donors (Lipinski definition) is 1. The van der Waals surface area contributed by atoms with Gasteiger partial charge in [-0.05, 0) is 19.8 Å². The number of nitrogen functional groups attached to an aromatic ring is 1. The Bertz CT molecular complexity index is 352. The first kappa shape index (κ1) is 13.3. The zero-order valence-electron chi connectivity index (χ0n) is 10.6. The molecule has 16 heavy (non-hydrogen) atoms. The quantitative estimate of drug-likeness (QED) is 0.633. The number of aromatic nitrogens is 2. The molecule has 1 heterocycles. The monoisotopic (exact) mass is 239 g/mol. The molecule has 0 spiro atoms. The molecule has 0 aromatic carbocycles. The summed E-state index contributed by atoms with van der Waals surface area (Å²) in [5, 5.41) is 1.62. The molecule has 0 aliphatic rings. The molecular weight excluding hydrogens is 218 g/mol. The maximum Gasteiger partial charge on any atom is 0.132 e. The normalized spacial score (nSPS) is 12.8. The zero-order chi connectivity index (χ0) is 12.1. The van der Waals surface area contributed by atoms with E-state index in [1.165, 1.54) is 0 Å². The molecule has 0 saturated carbocycles. The fraction of sp³-hybridized carbons (Fsp3) is 0.667. The van der Waals surface area contributed by atoms with E-state index in [1.807, 2.05) is 6.92 Å². The van der Waals surface area contributed by atoms with E-state index in [9.17, 15) is 0 Å². The summed E-state index contributed by atoms with van der Waals surface area (Å²) in [6.45, 7) is 8.52. The van der Waals surface area contributed by atoms with E-state index >= 15 is 0 Å². The molecule has 2 N–H and O–H groups in total. The minimum absolute atomic E-state index is 0.572. The van der Waals surface area contributed by atoms with Gasteiger partial charge in [-0.25, -0.2) is 9.97 Å². The highest BCUT2D eigenvalue weighted by molar-refractivity contribution is 7.99. The van der Waals surface area contributed by atoms with Gasteiger partial charge in [-0.1, -0.05) is 20.8 Å². The molecule has 0 bridgehead atoms. The van der Waals surface area contributed by atoms with Crippen molar-refractivity contribution in [2.45, 2.75) is 57.2 Å². The van der Waals surface area contributed by atoms with Gasteiger partial charge in [0.25, 0.3) is 0 Å². The van der Waals surface area contributed by atoms with Gasteiger partial charge in [0.1, 0.15) is 16.7 Å². The van der Waals surface area contributed by atoms with Crippen molar-refractivity contribution in [1.82, 2.24) is 9.97 Å². The molecule has 0 amide bonds.